The first-order chi connectivity index (χ1) is 8.43. The summed E-state index contributed by atoms with van der Waals surface area (Å²) in [4.78, 5) is 13.5. The summed E-state index contributed by atoms with van der Waals surface area (Å²) in [6, 6.07) is 4.80. The van der Waals surface area contributed by atoms with Crippen LogP contribution in [-0.2, 0) is 4.79 Å². The molecule has 0 radical (unpaired) electrons. The first-order valence-electron chi connectivity index (χ1n) is 5.50. The predicted octanol–water partition coefficient (Wildman–Crippen LogP) is 2.24. The summed E-state index contributed by atoms with van der Waals surface area (Å²) < 4.78 is 0. The van der Waals surface area contributed by atoms with Crippen molar-refractivity contribution in [1.82, 2.24) is 4.90 Å². The number of aliphatic hydroxyl groups is 1. The summed E-state index contributed by atoms with van der Waals surface area (Å²) in [5, 5.41) is 12.6. The Labute approximate surface area is 116 Å². The first-order valence-corrected chi connectivity index (χ1v) is 6.25. The van der Waals surface area contributed by atoms with Crippen LogP contribution in [0.2, 0.25) is 10.0 Å². The maximum atomic E-state index is 11.8. The topological polar surface area (TPSA) is 52.6 Å². The van der Waals surface area contributed by atoms with Gasteiger partial charge in [0.2, 0.25) is 5.91 Å². The Bertz CT molecular complexity index is 427. The van der Waals surface area contributed by atoms with Crippen molar-refractivity contribution in [3.8, 4) is 0 Å². The molecule has 0 aliphatic heterocycles. The summed E-state index contributed by atoms with van der Waals surface area (Å²) in [5.74, 6) is -0.193. The highest BCUT2D eigenvalue weighted by atomic mass is 35.5. The molecule has 0 bridgehead atoms. The molecule has 0 saturated heterocycles. The van der Waals surface area contributed by atoms with Gasteiger partial charge < -0.3 is 10.4 Å². The summed E-state index contributed by atoms with van der Waals surface area (Å²) in [5.41, 5.74) is 0.524. The van der Waals surface area contributed by atoms with Gasteiger partial charge in [-0.25, -0.2) is 0 Å². The highest BCUT2D eigenvalue weighted by molar-refractivity contribution is 6.36. The Morgan fingerprint density at radius 3 is 2.72 bits per heavy atom. The van der Waals surface area contributed by atoms with Gasteiger partial charge in [-0.3, -0.25) is 9.69 Å². The molecule has 1 amide bonds. The van der Waals surface area contributed by atoms with E-state index in [0.717, 1.165) is 0 Å². The minimum absolute atomic E-state index is 0.00544. The lowest BCUT2D eigenvalue weighted by Gasteiger charge is -2.22. The highest BCUT2D eigenvalue weighted by Crippen LogP contribution is 2.25. The molecular weight excluding hydrogens is 275 g/mol. The van der Waals surface area contributed by atoms with Crippen LogP contribution >= 0.6 is 23.2 Å². The van der Waals surface area contributed by atoms with Crippen LogP contribution in [0.5, 0.6) is 0 Å². The number of carbonyl (C=O) groups excluding carboxylic acids is 1. The zero-order valence-corrected chi connectivity index (χ0v) is 11.8. The average molecular weight is 291 g/mol. The van der Waals surface area contributed by atoms with E-state index in [9.17, 15) is 4.79 Å². The number of nitrogens with zero attached hydrogens (tertiary/aromatic N) is 1. The number of halogens is 2. The third kappa shape index (κ3) is 4.46. The van der Waals surface area contributed by atoms with Gasteiger partial charge in [-0.15, -0.1) is 0 Å². The zero-order valence-electron chi connectivity index (χ0n) is 10.3. The van der Waals surface area contributed by atoms with E-state index in [2.05, 4.69) is 5.32 Å². The molecule has 0 aliphatic rings. The van der Waals surface area contributed by atoms with Gasteiger partial charge in [0, 0.05) is 11.1 Å². The lowest BCUT2D eigenvalue weighted by molar-refractivity contribution is -0.117. The van der Waals surface area contributed by atoms with Crippen LogP contribution in [0.15, 0.2) is 18.2 Å². The number of amides is 1. The molecular formula is C12H16Cl2N2O2. The standard InChI is InChI=1S/C12H16Cl2N2O2/c1-8(7-17)16(2)6-12(18)15-11-4-3-9(13)5-10(11)14/h3-5,8,17H,6-7H2,1-2H3,(H,15,18). The number of hydrogen-bond donors (Lipinski definition) is 2. The Morgan fingerprint density at radius 1 is 1.50 bits per heavy atom. The molecule has 0 saturated carbocycles. The molecule has 6 heteroatoms. The molecule has 100 valence electrons. The van der Waals surface area contributed by atoms with Crippen molar-refractivity contribution in [3.05, 3.63) is 28.2 Å². The Hall–Kier alpha value is -0.810. The Kier molecular flexibility index (Phi) is 5.88. The second kappa shape index (κ2) is 6.95. The molecule has 0 heterocycles. The number of anilines is 1. The van der Waals surface area contributed by atoms with Crippen LogP contribution in [0.3, 0.4) is 0 Å². The summed E-state index contributed by atoms with van der Waals surface area (Å²) in [6.45, 7) is 2.02. The lowest BCUT2D eigenvalue weighted by Crippen LogP contribution is -2.38. The van der Waals surface area contributed by atoms with E-state index in [1.807, 2.05) is 6.92 Å². The molecule has 0 spiro atoms. The quantitative estimate of drug-likeness (QED) is 0.875. The number of rotatable bonds is 5. The fourth-order valence-corrected chi connectivity index (χ4v) is 1.76. The van der Waals surface area contributed by atoms with Gasteiger partial charge in [0.15, 0.2) is 0 Å². The van der Waals surface area contributed by atoms with Crippen LogP contribution in [0.25, 0.3) is 0 Å². The molecule has 2 N–H and O–H groups in total. The predicted molar refractivity (Wildman–Crippen MR) is 74.3 cm³/mol. The maximum Gasteiger partial charge on any atom is 0.238 e. The summed E-state index contributed by atoms with van der Waals surface area (Å²) in [6.07, 6.45) is 0. The van der Waals surface area contributed by atoms with Crippen molar-refractivity contribution in [2.75, 3.05) is 25.5 Å². The third-order valence-corrected chi connectivity index (χ3v) is 3.16. The average Bonchev–Trinajstić information content (AvgIpc) is 2.31. The summed E-state index contributed by atoms with van der Waals surface area (Å²) >= 11 is 11.7. The van der Waals surface area contributed by atoms with Crippen LogP contribution in [-0.4, -0.2) is 42.2 Å². The number of likely N-dealkylation sites (N-methyl/N-ethyl adjacent to an activating group) is 1. The van der Waals surface area contributed by atoms with Crippen molar-refractivity contribution in [1.29, 1.82) is 0 Å². The molecule has 0 aromatic heterocycles. The third-order valence-electron chi connectivity index (χ3n) is 2.61. The number of benzene rings is 1. The maximum absolute atomic E-state index is 11.8. The molecule has 1 atom stereocenters. The Morgan fingerprint density at radius 2 is 2.17 bits per heavy atom. The minimum atomic E-state index is -0.193. The number of carbonyl (C=O) groups is 1. The second-order valence-electron chi connectivity index (χ2n) is 4.12. The van der Waals surface area contributed by atoms with E-state index in [4.69, 9.17) is 28.3 Å². The van der Waals surface area contributed by atoms with Gasteiger partial charge in [-0.1, -0.05) is 23.2 Å². The van der Waals surface area contributed by atoms with Gasteiger partial charge >= 0.3 is 0 Å². The van der Waals surface area contributed by atoms with Crippen LogP contribution in [0.1, 0.15) is 6.92 Å². The fraction of sp³-hybridized carbons (Fsp3) is 0.417. The normalized spacial score (nSPS) is 12.6. The molecule has 0 aliphatic carbocycles. The molecule has 1 rings (SSSR count). The molecule has 1 unspecified atom stereocenters. The van der Waals surface area contributed by atoms with Crippen molar-refractivity contribution >= 4 is 34.8 Å². The van der Waals surface area contributed by atoms with Gasteiger partial charge in [0.1, 0.15) is 0 Å². The molecule has 0 fully saturated rings. The molecule has 1 aromatic rings. The number of nitrogens with one attached hydrogen (secondary N) is 1. The van der Waals surface area contributed by atoms with E-state index >= 15 is 0 Å². The zero-order chi connectivity index (χ0) is 13.7. The largest absolute Gasteiger partial charge is 0.395 e. The van der Waals surface area contributed by atoms with Crippen LogP contribution in [0.4, 0.5) is 5.69 Å². The van der Waals surface area contributed by atoms with Gasteiger partial charge in [0.25, 0.3) is 0 Å². The molecule has 18 heavy (non-hydrogen) atoms. The van der Waals surface area contributed by atoms with Crippen molar-refractivity contribution in [2.24, 2.45) is 0 Å². The van der Waals surface area contributed by atoms with Gasteiger partial charge in [-0.2, -0.15) is 0 Å². The van der Waals surface area contributed by atoms with Crippen molar-refractivity contribution in [3.63, 3.8) is 0 Å². The highest BCUT2D eigenvalue weighted by Gasteiger charge is 2.13. The van der Waals surface area contributed by atoms with Crippen LogP contribution < -0.4 is 5.32 Å². The minimum Gasteiger partial charge on any atom is -0.395 e. The van der Waals surface area contributed by atoms with E-state index in [0.29, 0.717) is 15.7 Å². The second-order valence-corrected chi connectivity index (χ2v) is 4.96. The fourth-order valence-electron chi connectivity index (χ4n) is 1.30. The molecule has 4 nitrogen and oxygen atoms in total. The van der Waals surface area contributed by atoms with Gasteiger partial charge in [-0.05, 0) is 32.2 Å². The van der Waals surface area contributed by atoms with Gasteiger partial charge in [0.05, 0.1) is 23.9 Å². The van der Waals surface area contributed by atoms with E-state index in [1.165, 1.54) is 0 Å². The SMILES string of the molecule is CC(CO)N(C)CC(=O)Nc1ccc(Cl)cc1Cl. The van der Waals surface area contributed by atoms with Crippen LogP contribution in [0, 0.1) is 0 Å². The summed E-state index contributed by atoms with van der Waals surface area (Å²) in [7, 11) is 1.77. The molecule has 1 aromatic carbocycles. The van der Waals surface area contributed by atoms with E-state index < -0.39 is 0 Å². The number of hydrogen-bond acceptors (Lipinski definition) is 3. The Balaban J connectivity index is 2.59. The smallest absolute Gasteiger partial charge is 0.238 e. The lowest BCUT2D eigenvalue weighted by atomic mass is 10.3. The first kappa shape index (κ1) is 15.2. The van der Waals surface area contributed by atoms with Crippen molar-refractivity contribution < 1.29 is 9.90 Å². The van der Waals surface area contributed by atoms with Crippen molar-refractivity contribution in [2.45, 2.75) is 13.0 Å². The monoisotopic (exact) mass is 290 g/mol. The van der Waals surface area contributed by atoms with E-state index in [-0.39, 0.29) is 25.1 Å². The number of aliphatic hydroxyl groups excluding tert-OH is 1. The van der Waals surface area contributed by atoms with E-state index in [1.54, 1.807) is 30.1 Å².